The van der Waals surface area contributed by atoms with E-state index in [-0.39, 0.29) is 37.0 Å². The molecule has 3 heterocycles. The molecule has 2 aromatic carbocycles. The lowest BCUT2D eigenvalue weighted by Crippen LogP contribution is -2.51. The summed E-state index contributed by atoms with van der Waals surface area (Å²) in [5, 5.41) is 0. The predicted molar refractivity (Wildman–Crippen MR) is 133 cm³/mol. The van der Waals surface area contributed by atoms with Gasteiger partial charge in [0.05, 0.1) is 27.4 Å². The van der Waals surface area contributed by atoms with E-state index in [1.54, 1.807) is 25.2 Å². The highest BCUT2D eigenvalue weighted by molar-refractivity contribution is 5.87. The largest absolute Gasteiger partial charge is 0.493 e. The molecular weight excluding hydrogens is 494 g/mol. The molecule has 3 aliphatic heterocycles. The molecule has 4 aliphatic rings. The van der Waals surface area contributed by atoms with Gasteiger partial charge in [-0.05, 0) is 65.4 Å². The Labute approximate surface area is 219 Å². The summed E-state index contributed by atoms with van der Waals surface area (Å²) in [6.45, 7) is 2.41. The summed E-state index contributed by atoms with van der Waals surface area (Å²) < 4.78 is 39.4. The number of hydrogen-bond acceptors (Lipinski definition) is 9. The van der Waals surface area contributed by atoms with Crippen LogP contribution in [0.25, 0.3) is 11.1 Å². The van der Waals surface area contributed by atoms with Crippen LogP contribution in [0.3, 0.4) is 0 Å². The minimum Gasteiger partial charge on any atom is -0.493 e. The number of fused-ring (bicyclic) bond motifs is 6. The molecule has 0 radical (unpaired) electrons. The molecule has 1 fully saturated rings. The Morgan fingerprint density at radius 2 is 1.74 bits per heavy atom. The predicted octanol–water partition coefficient (Wildman–Crippen LogP) is 4.00. The van der Waals surface area contributed by atoms with Crippen molar-refractivity contribution in [2.45, 2.75) is 38.0 Å². The quantitative estimate of drug-likeness (QED) is 0.538. The third-order valence-corrected chi connectivity index (χ3v) is 7.80. The highest BCUT2D eigenvalue weighted by atomic mass is 16.7. The van der Waals surface area contributed by atoms with E-state index in [1.165, 1.54) is 7.11 Å². The molecule has 0 unspecified atom stereocenters. The van der Waals surface area contributed by atoms with Crippen molar-refractivity contribution in [3.63, 3.8) is 0 Å². The summed E-state index contributed by atoms with van der Waals surface area (Å²) in [4.78, 5) is 27.4. The minimum atomic E-state index is -0.767. The zero-order valence-electron chi connectivity index (χ0n) is 21.6. The smallest absolute Gasteiger partial charge is 0.413 e. The van der Waals surface area contributed by atoms with Crippen LogP contribution in [0.1, 0.15) is 30.4 Å². The summed E-state index contributed by atoms with van der Waals surface area (Å²) >= 11 is 0. The average Bonchev–Trinajstić information content (AvgIpc) is 3.53. The van der Waals surface area contributed by atoms with E-state index in [9.17, 15) is 9.59 Å². The Morgan fingerprint density at radius 1 is 1.00 bits per heavy atom. The monoisotopic (exact) mass is 523 g/mol. The molecule has 1 saturated heterocycles. The number of allylic oxidation sites excluding steroid dienone is 1. The third-order valence-electron chi connectivity index (χ3n) is 7.80. The second kappa shape index (κ2) is 9.34. The highest BCUT2D eigenvalue weighted by Gasteiger charge is 2.49. The van der Waals surface area contributed by atoms with Gasteiger partial charge in [-0.25, -0.2) is 9.59 Å². The van der Waals surface area contributed by atoms with Crippen molar-refractivity contribution in [2.75, 3.05) is 34.7 Å². The Kier molecular flexibility index (Phi) is 5.97. The van der Waals surface area contributed by atoms with Gasteiger partial charge in [0.25, 0.3) is 0 Å². The van der Waals surface area contributed by atoms with Gasteiger partial charge in [0.2, 0.25) is 12.6 Å². The fourth-order valence-electron chi connectivity index (χ4n) is 5.91. The van der Waals surface area contributed by atoms with Crippen LogP contribution in [0.15, 0.2) is 36.1 Å². The van der Waals surface area contributed by atoms with E-state index in [4.69, 9.17) is 33.2 Å². The first kappa shape index (κ1) is 24.3. The van der Waals surface area contributed by atoms with Crippen LogP contribution in [0.5, 0.6) is 23.0 Å². The summed E-state index contributed by atoms with van der Waals surface area (Å²) in [5.74, 6) is 1.29. The van der Waals surface area contributed by atoms with Crippen LogP contribution in [0.2, 0.25) is 0 Å². The number of hydrogen-bond donors (Lipinski definition) is 0. The van der Waals surface area contributed by atoms with Crippen molar-refractivity contribution in [1.29, 1.82) is 0 Å². The number of nitrogens with zero attached hydrogens (tertiary/aromatic N) is 1. The molecule has 1 amide bonds. The van der Waals surface area contributed by atoms with Crippen LogP contribution in [-0.2, 0) is 25.4 Å². The summed E-state index contributed by atoms with van der Waals surface area (Å²) in [5.41, 5.74) is 3.75. The fourth-order valence-corrected chi connectivity index (χ4v) is 5.91. The number of cyclic esters (lactones) is 1. The zero-order chi connectivity index (χ0) is 26.6. The first-order chi connectivity index (χ1) is 18.5. The number of carbonyl (C=O) groups excluding carboxylic acids is 2. The second-order valence-electron chi connectivity index (χ2n) is 9.63. The molecule has 0 aromatic heterocycles. The topological polar surface area (TPSA) is 102 Å². The molecule has 0 saturated carbocycles. The van der Waals surface area contributed by atoms with Gasteiger partial charge in [0.15, 0.2) is 29.2 Å². The lowest BCUT2D eigenvalue weighted by Gasteiger charge is -2.41. The number of rotatable bonds is 5. The van der Waals surface area contributed by atoms with E-state index in [1.807, 2.05) is 31.2 Å². The van der Waals surface area contributed by atoms with Crippen LogP contribution >= 0.6 is 0 Å². The number of amides is 1. The first-order valence-corrected chi connectivity index (χ1v) is 12.6. The number of carbonyl (C=O) groups is 2. The average molecular weight is 524 g/mol. The van der Waals surface area contributed by atoms with Crippen molar-refractivity contribution >= 4 is 12.1 Å². The molecule has 1 aliphatic carbocycles. The maximum Gasteiger partial charge on any atom is 0.413 e. The van der Waals surface area contributed by atoms with Gasteiger partial charge in [-0.2, -0.15) is 0 Å². The molecule has 0 spiro atoms. The summed E-state index contributed by atoms with van der Waals surface area (Å²) in [7, 11) is 4.48. The maximum atomic E-state index is 13.0. The highest BCUT2D eigenvalue weighted by Crippen LogP contribution is 2.52. The van der Waals surface area contributed by atoms with Crippen molar-refractivity contribution < 1.29 is 42.7 Å². The molecular formula is C28H29NO9. The molecule has 10 nitrogen and oxygen atoms in total. The van der Waals surface area contributed by atoms with Gasteiger partial charge < -0.3 is 33.2 Å². The number of methoxy groups -OCH3 is 3. The van der Waals surface area contributed by atoms with Gasteiger partial charge in [0, 0.05) is 11.8 Å². The molecule has 0 bridgehead atoms. The summed E-state index contributed by atoms with van der Waals surface area (Å²) in [6, 6.07) is 7.64. The molecule has 6 rings (SSSR count). The lowest BCUT2D eigenvalue weighted by molar-refractivity contribution is -0.147. The molecule has 38 heavy (non-hydrogen) atoms. The Balaban J connectivity index is 1.60. The van der Waals surface area contributed by atoms with Gasteiger partial charge in [-0.1, -0.05) is 6.92 Å². The lowest BCUT2D eigenvalue weighted by atomic mass is 9.79. The van der Waals surface area contributed by atoms with E-state index in [0.29, 0.717) is 35.8 Å². The SMILES string of the molecule is CC[C@@H]1COC(=O)N1[C@@H]1OC(C(=O)OC)=C[C@@H]2c3cc(OC)c(OC)cc3-c3cc4c(cc3C[C@H]21)OCO4. The van der Waals surface area contributed by atoms with Crippen molar-refractivity contribution in [3.8, 4) is 34.1 Å². The molecule has 200 valence electrons. The fraction of sp³-hybridized carbons (Fsp3) is 0.429. The third kappa shape index (κ3) is 3.69. The summed E-state index contributed by atoms with van der Waals surface area (Å²) in [6.07, 6.45) is 1.76. The van der Waals surface area contributed by atoms with Crippen molar-refractivity contribution in [1.82, 2.24) is 4.90 Å². The Morgan fingerprint density at radius 3 is 2.45 bits per heavy atom. The Bertz CT molecular complexity index is 1340. The molecule has 2 aromatic rings. The molecule has 4 atom stereocenters. The minimum absolute atomic E-state index is 0.0501. The van der Waals surface area contributed by atoms with Gasteiger partial charge in [-0.15, -0.1) is 0 Å². The van der Waals surface area contributed by atoms with E-state index >= 15 is 0 Å². The number of ether oxygens (including phenoxy) is 7. The van der Waals surface area contributed by atoms with Crippen LogP contribution in [-0.4, -0.2) is 64.0 Å². The molecule has 0 N–H and O–H groups in total. The van der Waals surface area contributed by atoms with Crippen LogP contribution < -0.4 is 18.9 Å². The maximum absolute atomic E-state index is 13.0. The zero-order valence-corrected chi connectivity index (χ0v) is 21.6. The van der Waals surface area contributed by atoms with Crippen LogP contribution in [0.4, 0.5) is 4.79 Å². The van der Waals surface area contributed by atoms with Crippen LogP contribution in [0, 0.1) is 5.92 Å². The first-order valence-electron chi connectivity index (χ1n) is 12.6. The molecule has 10 heteroatoms. The normalized spacial score (nSPS) is 24.7. The van der Waals surface area contributed by atoms with Crippen molar-refractivity contribution in [3.05, 3.63) is 47.2 Å². The number of benzene rings is 2. The van der Waals surface area contributed by atoms with Gasteiger partial charge in [-0.3, -0.25) is 4.90 Å². The van der Waals surface area contributed by atoms with E-state index < -0.39 is 18.3 Å². The Hall–Kier alpha value is -4.08. The van der Waals surface area contributed by atoms with Crippen molar-refractivity contribution in [2.24, 2.45) is 5.92 Å². The number of esters is 1. The van der Waals surface area contributed by atoms with Gasteiger partial charge in [0.1, 0.15) is 6.61 Å². The standard InChI is InChI=1S/C28H29NO9/c1-5-15-12-35-28(31)29(15)26-20-6-14-7-23-24(37-13-36-23)8-16(14)17-9-21(32-2)22(33-3)10-18(17)19(20)11-25(38-26)27(30)34-4/h7-11,15,19-20,26H,5-6,12-13H2,1-4H3/t15-,19-,20-,26-/m1/s1. The van der Waals surface area contributed by atoms with E-state index in [0.717, 1.165) is 22.3 Å². The van der Waals surface area contributed by atoms with E-state index in [2.05, 4.69) is 0 Å². The van der Waals surface area contributed by atoms with Gasteiger partial charge >= 0.3 is 12.1 Å². The second-order valence-corrected chi connectivity index (χ2v) is 9.63.